The lowest BCUT2D eigenvalue weighted by atomic mass is 10.7. The highest BCUT2D eigenvalue weighted by atomic mass is 35.5. The van der Waals surface area contributed by atoms with Crippen LogP contribution in [0.4, 0.5) is 0 Å². The van der Waals surface area contributed by atoms with E-state index >= 15 is 0 Å². The lowest BCUT2D eigenvalue weighted by Crippen LogP contribution is -1.84. The molecule has 0 N–H and O–H groups in total. The van der Waals surface area contributed by atoms with E-state index in [1.165, 1.54) is 0 Å². The van der Waals surface area contributed by atoms with Gasteiger partial charge >= 0.3 is 4.69 Å². The molecule has 0 heterocycles. The van der Waals surface area contributed by atoms with E-state index in [9.17, 15) is 0 Å². The van der Waals surface area contributed by atoms with Crippen molar-refractivity contribution < 1.29 is 0 Å². The van der Waals surface area contributed by atoms with Gasteiger partial charge in [-0.2, -0.15) is 34.7 Å². The van der Waals surface area contributed by atoms with Gasteiger partial charge in [-0.3, -0.25) is 0 Å². The smallest absolute Gasteiger partial charge is 0.182 e. The Bertz CT molecular complexity index is 30.7. The summed E-state index contributed by atoms with van der Waals surface area (Å²) >= 11 is 8.88. The minimum absolute atomic E-state index is 0.241. The SMILES string of the molecule is CSB(Cl)SC. The fourth-order valence-electron chi connectivity index (χ4n) is 0.0962. The van der Waals surface area contributed by atoms with E-state index in [0.717, 1.165) is 0 Å². The van der Waals surface area contributed by atoms with Gasteiger partial charge in [0, 0.05) is 0 Å². The van der Waals surface area contributed by atoms with Gasteiger partial charge in [0.05, 0.1) is 0 Å². The van der Waals surface area contributed by atoms with Crippen LogP contribution in [0.1, 0.15) is 0 Å². The van der Waals surface area contributed by atoms with Gasteiger partial charge in [0.15, 0.2) is 0 Å². The molecule has 0 nitrogen and oxygen atoms in total. The quantitative estimate of drug-likeness (QED) is 0.538. The van der Waals surface area contributed by atoms with Gasteiger partial charge < -0.3 is 0 Å². The van der Waals surface area contributed by atoms with Crippen LogP contribution in [-0.4, -0.2) is 17.2 Å². The first-order chi connectivity index (χ1) is 2.81. The Labute approximate surface area is 52.2 Å². The van der Waals surface area contributed by atoms with Crippen molar-refractivity contribution in [3.8, 4) is 0 Å². The van der Waals surface area contributed by atoms with Crippen molar-refractivity contribution in [1.82, 2.24) is 0 Å². The Morgan fingerprint density at radius 3 is 1.67 bits per heavy atom. The second-order valence-electron chi connectivity index (χ2n) is 0.746. The van der Waals surface area contributed by atoms with Crippen molar-refractivity contribution in [3.63, 3.8) is 0 Å². The molecule has 0 aliphatic heterocycles. The molecule has 0 fully saturated rings. The van der Waals surface area contributed by atoms with Crippen molar-refractivity contribution in [1.29, 1.82) is 0 Å². The minimum Gasteiger partial charge on any atom is -0.182 e. The summed E-state index contributed by atoms with van der Waals surface area (Å²) in [6, 6.07) is 0. The zero-order valence-corrected chi connectivity index (χ0v) is 6.16. The molecule has 4 heteroatoms. The fourth-order valence-corrected chi connectivity index (χ4v) is 0.866. The van der Waals surface area contributed by atoms with Gasteiger partial charge in [-0.15, -0.1) is 0 Å². The van der Waals surface area contributed by atoms with Gasteiger partial charge in [0.25, 0.3) is 0 Å². The van der Waals surface area contributed by atoms with E-state index in [2.05, 4.69) is 0 Å². The summed E-state index contributed by atoms with van der Waals surface area (Å²) in [5.74, 6) is 0. The summed E-state index contributed by atoms with van der Waals surface area (Å²) in [5, 5.41) is 0. The van der Waals surface area contributed by atoms with E-state index in [-0.39, 0.29) is 4.69 Å². The topological polar surface area (TPSA) is 0 Å². The number of hydrogen-bond acceptors (Lipinski definition) is 2. The van der Waals surface area contributed by atoms with Crippen molar-refractivity contribution in [2.45, 2.75) is 0 Å². The summed E-state index contributed by atoms with van der Waals surface area (Å²) < 4.78 is 0.241. The molecule has 0 radical (unpaired) electrons. The van der Waals surface area contributed by atoms with Crippen LogP contribution >= 0.6 is 34.7 Å². The molecule has 0 unspecified atom stereocenters. The molecule has 0 atom stereocenters. The first kappa shape index (κ1) is 7.05. The summed E-state index contributed by atoms with van der Waals surface area (Å²) in [5.41, 5.74) is 0. The van der Waals surface area contributed by atoms with Crippen LogP contribution in [0.2, 0.25) is 0 Å². The Balaban J connectivity index is 2.75. The minimum atomic E-state index is 0.241. The highest BCUT2D eigenvalue weighted by Crippen LogP contribution is 2.16. The molecule has 0 rings (SSSR count). The molecular weight excluding hydrogens is 134 g/mol. The fraction of sp³-hybridized carbons (Fsp3) is 1.00. The Kier molecular flexibility index (Phi) is 4.96. The Morgan fingerprint density at radius 1 is 1.33 bits per heavy atom. The molecule has 0 aromatic carbocycles. The van der Waals surface area contributed by atoms with Gasteiger partial charge in [-0.05, 0) is 12.5 Å². The predicted octanol–water partition coefficient (Wildman–Crippen LogP) is 1.94. The van der Waals surface area contributed by atoms with E-state index in [1.807, 2.05) is 12.5 Å². The molecule has 0 spiro atoms. The van der Waals surface area contributed by atoms with Crippen LogP contribution in [-0.2, 0) is 0 Å². The summed E-state index contributed by atoms with van der Waals surface area (Å²) in [7, 11) is 0. The van der Waals surface area contributed by atoms with Crippen molar-refractivity contribution in [3.05, 3.63) is 0 Å². The largest absolute Gasteiger partial charge is 0.378 e. The van der Waals surface area contributed by atoms with E-state index < -0.39 is 0 Å². The molecule has 36 valence electrons. The molecule has 6 heavy (non-hydrogen) atoms. The second-order valence-corrected chi connectivity index (χ2v) is 3.88. The number of rotatable bonds is 2. The summed E-state index contributed by atoms with van der Waals surface area (Å²) in [6.07, 6.45) is 3.99. The maximum Gasteiger partial charge on any atom is 0.378 e. The van der Waals surface area contributed by atoms with E-state index in [1.54, 1.807) is 23.2 Å². The van der Waals surface area contributed by atoms with Crippen LogP contribution in [0.3, 0.4) is 0 Å². The standard InChI is InChI=1S/C2H6BClS2/c1-5-3(4)6-2/h1-2H3. The number of hydrogen-bond donors (Lipinski definition) is 0. The van der Waals surface area contributed by atoms with E-state index in [4.69, 9.17) is 11.5 Å². The maximum absolute atomic E-state index is 5.58. The van der Waals surface area contributed by atoms with Crippen molar-refractivity contribution in [2.75, 3.05) is 12.5 Å². The Hall–Kier alpha value is 1.05. The van der Waals surface area contributed by atoms with Crippen LogP contribution in [0.5, 0.6) is 0 Å². The van der Waals surface area contributed by atoms with Crippen LogP contribution in [0, 0.1) is 0 Å². The first-order valence-corrected chi connectivity index (χ1v) is 4.52. The molecule has 0 aromatic heterocycles. The van der Waals surface area contributed by atoms with Crippen LogP contribution in [0.15, 0.2) is 0 Å². The van der Waals surface area contributed by atoms with Crippen molar-refractivity contribution >= 4 is 39.4 Å². The van der Waals surface area contributed by atoms with Gasteiger partial charge in [-0.25, -0.2) is 0 Å². The normalized spacial score (nSPS) is 8.50. The molecule has 0 saturated carbocycles. The highest BCUT2D eigenvalue weighted by Gasteiger charge is 2.01. The lowest BCUT2D eigenvalue weighted by Gasteiger charge is -1.89. The molecule has 0 saturated heterocycles. The molecule has 0 aliphatic carbocycles. The second kappa shape index (κ2) is 4.22. The summed E-state index contributed by atoms with van der Waals surface area (Å²) in [4.78, 5) is 0. The zero-order valence-electron chi connectivity index (χ0n) is 3.77. The van der Waals surface area contributed by atoms with Crippen LogP contribution in [0.25, 0.3) is 0 Å². The van der Waals surface area contributed by atoms with Gasteiger partial charge in [-0.1, -0.05) is 0 Å². The average Bonchev–Trinajstić information content (AvgIpc) is 1.65. The van der Waals surface area contributed by atoms with Crippen molar-refractivity contribution in [2.24, 2.45) is 0 Å². The first-order valence-electron chi connectivity index (χ1n) is 1.51. The molecule has 0 aromatic rings. The molecule has 0 bridgehead atoms. The monoisotopic (exact) mass is 140 g/mol. The van der Waals surface area contributed by atoms with Crippen LogP contribution < -0.4 is 0 Å². The molecular formula is C2H6BClS2. The number of halogens is 1. The maximum atomic E-state index is 5.58. The average molecular weight is 140 g/mol. The van der Waals surface area contributed by atoms with E-state index in [0.29, 0.717) is 0 Å². The molecule has 0 aliphatic rings. The third kappa shape index (κ3) is 3.25. The predicted molar refractivity (Wildman–Crippen MR) is 38.6 cm³/mol. The zero-order chi connectivity index (χ0) is 4.99. The lowest BCUT2D eigenvalue weighted by molar-refractivity contribution is 2.53. The Morgan fingerprint density at radius 2 is 1.67 bits per heavy atom. The highest BCUT2D eigenvalue weighted by molar-refractivity contribution is 8.58. The van der Waals surface area contributed by atoms with Gasteiger partial charge in [0.1, 0.15) is 0 Å². The molecule has 0 amide bonds. The summed E-state index contributed by atoms with van der Waals surface area (Å²) in [6.45, 7) is 0. The van der Waals surface area contributed by atoms with Gasteiger partial charge in [0.2, 0.25) is 0 Å². The third-order valence-corrected chi connectivity index (χ3v) is 3.34. The third-order valence-electron chi connectivity index (χ3n) is 0.371.